The molecule has 0 spiro atoms. The summed E-state index contributed by atoms with van der Waals surface area (Å²) in [7, 11) is 0. The minimum absolute atomic E-state index is 0.0461. The van der Waals surface area contributed by atoms with Gasteiger partial charge in [0.15, 0.2) is 0 Å². The number of carbonyl (C=O) groups excluding carboxylic acids is 2. The van der Waals surface area contributed by atoms with Gasteiger partial charge in [-0.3, -0.25) is 4.79 Å². The van der Waals surface area contributed by atoms with Crippen molar-refractivity contribution >= 4 is 29.2 Å². The second-order valence-corrected chi connectivity index (χ2v) is 5.90. The molecule has 0 radical (unpaired) electrons. The molecular weight excluding hydrogens is 332 g/mol. The third kappa shape index (κ3) is 3.86. The van der Waals surface area contributed by atoms with Gasteiger partial charge in [0.25, 0.3) is 5.91 Å². The Kier molecular flexibility index (Phi) is 5.00. The van der Waals surface area contributed by atoms with Crippen LogP contribution in [0.3, 0.4) is 0 Å². The Balaban J connectivity index is 1.64. The van der Waals surface area contributed by atoms with Crippen molar-refractivity contribution in [2.45, 2.75) is 19.4 Å². The molecule has 1 saturated heterocycles. The minimum Gasteiger partial charge on any atom is -0.364 e. The van der Waals surface area contributed by atoms with Crippen LogP contribution in [0, 0.1) is 0 Å². The van der Waals surface area contributed by atoms with Gasteiger partial charge in [0.05, 0.1) is 17.3 Å². The Morgan fingerprint density at radius 3 is 2.75 bits per heavy atom. The normalized spacial score (nSPS) is 13.8. The van der Waals surface area contributed by atoms with Gasteiger partial charge in [0, 0.05) is 24.7 Å². The fourth-order valence-corrected chi connectivity index (χ4v) is 2.69. The van der Waals surface area contributed by atoms with Crippen LogP contribution in [0.25, 0.3) is 0 Å². The van der Waals surface area contributed by atoms with Crippen molar-refractivity contribution in [1.82, 2.24) is 15.4 Å². The van der Waals surface area contributed by atoms with E-state index in [1.54, 1.807) is 29.2 Å². The summed E-state index contributed by atoms with van der Waals surface area (Å²) in [6.45, 7) is 1.76. The molecule has 1 aromatic heterocycles. The summed E-state index contributed by atoms with van der Waals surface area (Å²) in [5, 5.41) is 9.35. The van der Waals surface area contributed by atoms with Gasteiger partial charge in [-0.15, -0.1) is 0 Å². The second-order valence-electron chi connectivity index (χ2n) is 5.49. The van der Waals surface area contributed by atoms with E-state index in [9.17, 15) is 9.59 Å². The molecule has 0 saturated carbocycles. The number of benzene rings is 1. The maximum absolute atomic E-state index is 12.4. The Labute approximate surface area is 143 Å². The molecule has 2 N–H and O–H groups in total. The number of aromatic nitrogens is 1. The largest absolute Gasteiger partial charge is 0.364 e. The fraction of sp³-hybridized carbons (Fsp3) is 0.312. The average molecular weight is 349 g/mol. The Morgan fingerprint density at radius 1 is 1.25 bits per heavy atom. The van der Waals surface area contributed by atoms with Crippen molar-refractivity contribution in [2.75, 3.05) is 18.4 Å². The van der Waals surface area contributed by atoms with Crippen molar-refractivity contribution in [1.29, 1.82) is 0 Å². The molecule has 0 atom stereocenters. The van der Waals surface area contributed by atoms with Crippen LogP contribution < -0.4 is 10.6 Å². The van der Waals surface area contributed by atoms with Crippen molar-refractivity contribution in [3.63, 3.8) is 0 Å². The number of nitrogens with zero attached hydrogens (tertiary/aromatic N) is 2. The van der Waals surface area contributed by atoms with Gasteiger partial charge in [0.1, 0.15) is 12.0 Å². The van der Waals surface area contributed by atoms with Gasteiger partial charge in [-0.05, 0) is 31.0 Å². The van der Waals surface area contributed by atoms with E-state index in [2.05, 4.69) is 15.8 Å². The molecule has 0 bridgehead atoms. The Bertz CT molecular complexity index is 727. The van der Waals surface area contributed by atoms with Crippen LogP contribution in [-0.2, 0) is 6.54 Å². The summed E-state index contributed by atoms with van der Waals surface area (Å²) in [4.78, 5) is 26.2. The fourth-order valence-electron chi connectivity index (χ4n) is 2.52. The Hall–Kier alpha value is -2.54. The van der Waals surface area contributed by atoms with Crippen LogP contribution in [0.2, 0.25) is 5.02 Å². The standard InChI is InChI=1S/C16H17ClN4O3/c17-13-4-3-11(15(22)21-6-1-2-7-21)9-14(13)19-16(23)18-10-12-5-8-24-20-12/h3-5,8-9H,1-2,6-7,10H2,(H2,18,19,23). The maximum Gasteiger partial charge on any atom is 0.319 e. The predicted octanol–water partition coefficient (Wildman–Crippen LogP) is 2.89. The molecular formula is C16H17ClN4O3. The highest BCUT2D eigenvalue weighted by Crippen LogP contribution is 2.24. The zero-order valence-electron chi connectivity index (χ0n) is 12.9. The third-order valence-corrected chi connectivity index (χ3v) is 4.11. The molecule has 1 fully saturated rings. The van der Waals surface area contributed by atoms with E-state index in [1.165, 1.54) is 6.26 Å². The topological polar surface area (TPSA) is 87.5 Å². The second kappa shape index (κ2) is 7.35. The molecule has 7 nitrogen and oxygen atoms in total. The molecule has 2 heterocycles. The minimum atomic E-state index is -0.439. The molecule has 8 heteroatoms. The van der Waals surface area contributed by atoms with Gasteiger partial charge in [-0.2, -0.15) is 0 Å². The lowest BCUT2D eigenvalue weighted by Crippen LogP contribution is -2.29. The highest BCUT2D eigenvalue weighted by atomic mass is 35.5. The summed E-state index contributed by atoms with van der Waals surface area (Å²) < 4.78 is 4.69. The van der Waals surface area contributed by atoms with Crippen LogP contribution >= 0.6 is 11.6 Å². The molecule has 24 heavy (non-hydrogen) atoms. The average Bonchev–Trinajstić information content (AvgIpc) is 3.28. The number of halogens is 1. The van der Waals surface area contributed by atoms with Gasteiger partial charge in [0.2, 0.25) is 0 Å². The number of nitrogens with one attached hydrogen (secondary N) is 2. The molecule has 1 aliphatic heterocycles. The quantitative estimate of drug-likeness (QED) is 0.889. The van der Waals surface area contributed by atoms with E-state index in [0.29, 0.717) is 22.0 Å². The van der Waals surface area contributed by atoms with E-state index in [-0.39, 0.29) is 12.5 Å². The molecule has 1 aliphatic rings. The summed E-state index contributed by atoms with van der Waals surface area (Å²) in [5.74, 6) is -0.0461. The van der Waals surface area contributed by atoms with Crippen molar-refractivity contribution in [3.05, 3.63) is 46.8 Å². The molecule has 0 unspecified atom stereocenters. The maximum atomic E-state index is 12.4. The molecule has 126 valence electrons. The SMILES string of the molecule is O=C(NCc1ccon1)Nc1cc(C(=O)N2CCCC2)ccc1Cl. The number of hydrogen-bond acceptors (Lipinski definition) is 4. The number of urea groups is 1. The van der Waals surface area contributed by atoms with Crippen molar-refractivity contribution < 1.29 is 14.1 Å². The zero-order chi connectivity index (χ0) is 16.9. The van der Waals surface area contributed by atoms with Gasteiger partial charge < -0.3 is 20.1 Å². The Morgan fingerprint density at radius 2 is 2.04 bits per heavy atom. The van der Waals surface area contributed by atoms with E-state index in [0.717, 1.165) is 25.9 Å². The van der Waals surface area contributed by atoms with Crippen molar-refractivity contribution in [3.8, 4) is 0 Å². The van der Waals surface area contributed by atoms with Gasteiger partial charge in [-0.25, -0.2) is 4.79 Å². The van der Waals surface area contributed by atoms with Crippen LogP contribution in [0.15, 0.2) is 35.1 Å². The van der Waals surface area contributed by atoms with E-state index in [1.807, 2.05) is 0 Å². The lowest BCUT2D eigenvalue weighted by molar-refractivity contribution is 0.0793. The highest BCUT2D eigenvalue weighted by Gasteiger charge is 2.20. The number of anilines is 1. The van der Waals surface area contributed by atoms with Crippen LogP contribution in [-0.4, -0.2) is 35.1 Å². The monoisotopic (exact) mass is 348 g/mol. The summed E-state index contributed by atoms with van der Waals surface area (Å²) in [5.41, 5.74) is 1.50. The van der Waals surface area contributed by atoms with Crippen molar-refractivity contribution in [2.24, 2.45) is 0 Å². The van der Waals surface area contributed by atoms with E-state index in [4.69, 9.17) is 16.1 Å². The molecule has 1 aromatic carbocycles. The first-order valence-electron chi connectivity index (χ1n) is 7.66. The lowest BCUT2D eigenvalue weighted by atomic mass is 10.1. The van der Waals surface area contributed by atoms with E-state index >= 15 is 0 Å². The van der Waals surface area contributed by atoms with Crippen LogP contribution in [0.1, 0.15) is 28.9 Å². The van der Waals surface area contributed by atoms with Gasteiger partial charge in [-0.1, -0.05) is 16.8 Å². The predicted molar refractivity (Wildman–Crippen MR) is 89.0 cm³/mol. The number of rotatable bonds is 4. The van der Waals surface area contributed by atoms with Gasteiger partial charge >= 0.3 is 6.03 Å². The molecule has 3 rings (SSSR count). The third-order valence-electron chi connectivity index (χ3n) is 3.78. The van der Waals surface area contributed by atoms with Crippen LogP contribution in [0.4, 0.5) is 10.5 Å². The molecule has 0 aliphatic carbocycles. The van der Waals surface area contributed by atoms with E-state index < -0.39 is 6.03 Å². The highest BCUT2D eigenvalue weighted by molar-refractivity contribution is 6.33. The first-order valence-corrected chi connectivity index (χ1v) is 8.04. The summed E-state index contributed by atoms with van der Waals surface area (Å²) >= 11 is 6.11. The first-order chi connectivity index (χ1) is 11.6. The summed E-state index contributed by atoms with van der Waals surface area (Å²) in [6.07, 6.45) is 3.48. The molecule has 3 amide bonds. The lowest BCUT2D eigenvalue weighted by Gasteiger charge is -2.16. The number of likely N-dealkylation sites (tertiary alicyclic amines) is 1. The number of carbonyl (C=O) groups is 2. The van der Waals surface area contributed by atoms with Crippen LogP contribution in [0.5, 0.6) is 0 Å². The summed E-state index contributed by atoms with van der Waals surface area (Å²) in [6, 6.07) is 6.09. The first kappa shape index (κ1) is 16.3. The zero-order valence-corrected chi connectivity index (χ0v) is 13.7. The molecule has 2 aromatic rings. The number of amides is 3. The number of hydrogen-bond donors (Lipinski definition) is 2. The smallest absolute Gasteiger partial charge is 0.319 e.